The largest absolute Gasteiger partial charge is 0.494 e. The van der Waals surface area contributed by atoms with E-state index in [-0.39, 0.29) is 0 Å². The molecule has 1 aromatic carbocycles. The highest BCUT2D eigenvalue weighted by Gasteiger charge is 2.09. The highest BCUT2D eigenvalue weighted by molar-refractivity contribution is 7.16. The van der Waals surface area contributed by atoms with Gasteiger partial charge >= 0.3 is 0 Å². The molecule has 0 aliphatic carbocycles. The molecule has 1 N–H and O–H groups in total. The topological polar surface area (TPSA) is 21.3 Å². The van der Waals surface area contributed by atoms with Gasteiger partial charge in [-0.3, -0.25) is 0 Å². The van der Waals surface area contributed by atoms with Gasteiger partial charge in [0, 0.05) is 10.9 Å². The van der Waals surface area contributed by atoms with Crippen molar-refractivity contribution in [2.45, 2.75) is 25.8 Å². The van der Waals surface area contributed by atoms with Crippen LogP contribution in [0.1, 0.15) is 16.9 Å². The summed E-state index contributed by atoms with van der Waals surface area (Å²) < 4.78 is 6.65. The van der Waals surface area contributed by atoms with Crippen LogP contribution in [0.5, 0.6) is 5.75 Å². The van der Waals surface area contributed by atoms with Crippen molar-refractivity contribution in [3.8, 4) is 5.75 Å². The third kappa shape index (κ3) is 4.82. The summed E-state index contributed by atoms with van der Waals surface area (Å²) in [5.74, 6) is 0.944. The number of aryl methyl sites for hydroxylation is 1. The maximum Gasteiger partial charge on any atom is 0.119 e. The first-order valence-electron chi connectivity index (χ1n) is 6.78. The van der Waals surface area contributed by atoms with Crippen LogP contribution in [0.2, 0.25) is 4.34 Å². The molecule has 0 saturated carbocycles. The SMILES string of the molecule is CNC(CCOc1cccc(C)c1)Cc1ccc(Cl)s1. The lowest BCUT2D eigenvalue weighted by atomic mass is 10.1. The number of halogens is 1. The molecule has 0 aliphatic heterocycles. The number of hydrogen-bond donors (Lipinski definition) is 1. The van der Waals surface area contributed by atoms with Crippen LogP contribution in [-0.2, 0) is 6.42 Å². The Morgan fingerprint density at radius 3 is 2.80 bits per heavy atom. The van der Waals surface area contributed by atoms with Crippen LogP contribution in [0.3, 0.4) is 0 Å². The summed E-state index contributed by atoms with van der Waals surface area (Å²) in [7, 11) is 1.99. The minimum absolute atomic E-state index is 0.412. The van der Waals surface area contributed by atoms with Crippen LogP contribution in [0.25, 0.3) is 0 Å². The lowest BCUT2D eigenvalue weighted by Gasteiger charge is -2.15. The standard InChI is InChI=1S/C16H20ClNOS/c1-12-4-3-5-14(10-12)19-9-8-13(18-2)11-15-6-7-16(17)20-15/h3-7,10,13,18H,8-9,11H2,1-2H3. The summed E-state index contributed by atoms with van der Waals surface area (Å²) in [6.45, 7) is 2.79. The highest BCUT2D eigenvalue weighted by atomic mass is 35.5. The van der Waals surface area contributed by atoms with E-state index in [4.69, 9.17) is 16.3 Å². The second-order valence-electron chi connectivity index (χ2n) is 4.85. The van der Waals surface area contributed by atoms with E-state index in [2.05, 4.69) is 30.4 Å². The minimum Gasteiger partial charge on any atom is -0.494 e. The molecule has 1 atom stereocenters. The van der Waals surface area contributed by atoms with Crippen LogP contribution >= 0.6 is 22.9 Å². The van der Waals surface area contributed by atoms with Gasteiger partial charge in [0.25, 0.3) is 0 Å². The van der Waals surface area contributed by atoms with Crippen molar-refractivity contribution in [1.82, 2.24) is 5.32 Å². The van der Waals surface area contributed by atoms with E-state index in [1.165, 1.54) is 10.4 Å². The van der Waals surface area contributed by atoms with Crippen molar-refractivity contribution >= 4 is 22.9 Å². The monoisotopic (exact) mass is 309 g/mol. The minimum atomic E-state index is 0.412. The average Bonchev–Trinajstić information content (AvgIpc) is 2.83. The van der Waals surface area contributed by atoms with E-state index >= 15 is 0 Å². The quantitative estimate of drug-likeness (QED) is 0.823. The molecule has 2 aromatic rings. The molecule has 0 amide bonds. The Labute approximate surface area is 129 Å². The highest BCUT2D eigenvalue weighted by Crippen LogP contribution is 2.23. The number of thiophene rings is 1. The normalized spacial score (nSPS) is 12.3. The van der Waals surface area contributed by atoms with Crippen molar-refractivity contribution < 1.29 is 4.74 Å². The molecule has 0 saturated heterocycles. The molecule has 0 spiro atoms. The third-order valence-electron chi connectivity index (χ3n) is 3.21. The smallest absolute Gasteiger partial charge is 0.119 e. The fraction of sp³-hybridized carbons (Fsp3) is 0.375. The number of rotatable bonds is 7. The van der Waals surface area contributed by atoms with E-state index in [1.807, 2.05) is 25.2 Å². The Kier molecular flexibility index (Phi) is 5.89. The molecular weight excluding hydrogens is 290 g/mol. The first-order valence-corrected chi connectivity index (χ1v) is 7.98. The number of ether oxygens (including phenoxy) is 1. The molecular formula is C16H20ClNOS. The first-order chi connectivity index (χ1) is 9.67. The number of likely N-dealkylation sites (N-methyl/N-ethyl adjacent to an activating group) is 1. The molecule has 108 valence electrons. The Balaban J connectivity index is 1.79. The van der Waals surface area contributed by atoms with E-state index in [1.54, 1.807) is 11.3 Å². The van der Waals surface area contributed by atoms with Crippen LogP contribution in [0.4, 0.5) is 0 Å². The van der Waals surface area contributed by atoms with E-state index in [0.717, 1.165) is 22.9 Å². The van der Waals surface area contributed by atoms with Gasteiger partial charge < -0.3 is 10.1 Å². The molecule has 0 radical (unpaired) electrons. The summed E-state index contributed by atoms with van der Waals surface area (Å²) in [6.07, 6.45) is 1.96. The van der Waals surface area contributed by atoms with E-state index in [0.29, 0.717) is 12.6 Å². The van der Waals surface area contributed by atoms with Crippen LogP contribution in [-0.4, -0.2) is 19.7 Å². The molecule has 0 fully saturated rings. The molecule has 2 nitrogen and oxygen atoms in total. The Hall–Kier alpha value is -1.03. The van der Waals surface area contributed by atoms with Crippen LogP contribution in [0.15, 0.2) is 36.4 Å². The summed E-state index contributed by atoms with van der Waals surface area (Å²) in [5, 5.41) is 3.34. The number of hydrogen-bond acceptors (Lipinski definition) is 3. The van der Waals surface area contributed by atoms with Gasteiger partial charge in [0.05, 0.1) is 10.9 Å². The first kappa shape index (κ1) is 15.4. The van der Waals surface area contributed by atoms with Gasteiger partial charge in [-0.2, -0.15) is 0 Å². The Morgan fingerprint density at radius 2 is 2.15 bits per heavy atom. The second-order valence-corrected chi connectivity index (χ2v) is 6.65. The molecule has 1 aromatic heterocycles. The zero-order valence-corrected chi connectivity index (χ0v) is 13.4. The van der Waals surface area contributed by atoms with Gasteiger partial charge in [0.1, 0.15) is 5.75 Å². The van der Waals surface area contributed by atoms with E-state index in [9.17, 15) is 0 Å². The van der Waals surface area contributed by atoms with Crippen molar-refractivity contribution in [2.24, 2.45) is 0 Å². The zero-order chi connectivity index (χ0) is 14.4. The van der Waals surface area contributed by atoms with Gasteiger partial charge in [-0.1, -0.05) is 23.7 Å². The molecule has 2 rings (SSSR count). The molecule has 1 unspecified atom stereocenters. The van der Waals surface area contributed by atoms with Gasteiger partial charge in [-0.05, 0) is 56.6 Å². The predicted molar refractivity (Wildman–Crippen MR) is 87.2 cm³/mol. The van der Waals surface area contributed by atoms with Gasteiger partial charge in [0.15, 0.2) is 0 Å². The fourth-order valence-corrected chi connectivity index (χ4v) is 3.24. The molecule has 1 heterocycles. The lowest BCUT2D eigenvalue weighted by molar-refractivity contribution is 0.288. The molecule has 20 heavy (non-hydrogen) atoms. The van der Waals surface area contributed by atoms with Gasteiger partial charge in [-0.25, -0.2) is 0 Å². The Bertz CT molecular complexity index is 541. The number of benzene rings is 1. The zero-order valence-electron chi connectivity index (χ0n) is 11.9. The summed E-state index contributed by atoms with van der Waals surface area (Å²) in [4.78, 5) is 1.31. The second kappa shape index (κ2) is 7.67. The van der Waals surface area contributed by atoms with Gasteiger partial charge in [-0.15, -0.1) is 11.3 Å². The van der Waals surface area contributed by atoms with Crippen molar-refractivity contribution in [3.63, 3.8) is 0 Å². The predicted octanol–water partition coefficient (Wildman–Crippen LogP) is 4.31. The van der Waals surface area contributed by atoms with Gasteiger partial charge in [0.2, 0.25) is 0 Å². The molecule has 4 heteroatoms. The van der Waals surface area contributed by atoms with Crippen molar-refractivity contribution in [3.05, 3.63) is 51.2 Å². The molecule has 0 aliphatic rings. The number of nitrogens with one attached hydrogen (secondary N) is 1. The van der Waals surface area contributed by atoms with E-state index < -0.39 is 0 Å². The third-order valence-corrected chi connectivity index (χ3v) is 4.46. The molecule has 0 bridgehead atoms. The maximum atomic E-state index is 5.96. The fourth-order valence-electron chi connectivity index (χ4n) is 2.08. The summed E-state index contributed by atoms with van der Waals surface area (Å²) >= 11 is 7.61. The van der Waals surface area contributed by atoms with Crippen molar-refractivity contribution in [2.75, 3.05) is 13.7 Å². The summed E-state index contributed by atoms with van der Waals surface area (Å²) in [5.41, 5.74) is 1.22. The Morgan fingerprint density at radius 1 is 1.30 bits per heavy atom. The summed E-state index contributed by atoms with van der Waals surface area (Å²) in [6, 6.07) is 12.6. The van der Waals surface area contributed by atoms with Crippen molar-refractivity contribution in [1.29, 1.82) is 0 Å². The van der Waals surface area contributed by atoms with Crippen LogP contribution in [0, 0.1) is 6.92 Å². The average molecular weight is 310 g/mol. The van der Waals surface area contributed by atoms with Crippen LogP contribution < -0.4 is 10.1 Å². The maximum absolute atomic E-state index is 5.96. The lowest BCUT2D eigenvalue weighted by Crippen LogP contribution is -2.29.